The van der Waals surface area contributed by atoms with E-state index < -0.39 is 15.5 Å². The minimum Gasteiger partial charge on any atom is -0.409 e. The van der Waals surface area contributed by atoms with Crippen molar-refractivity contribution in [2.45, 2.75) is 27.7 Å². The molecular formula is C44H33NO6P2. The minimum atomic E-state index is -4.66. The molecule has 0 fully saturated rings. The van der Waals surface area contributed by atoms with Gasteiger partial charge in [-0.05, 0) is 117 Å². The van der Waals surface area contributed by atoms with Crippen LogP contribution in [0.25, 0.3) is 65.3 Å². The second kappa shape index (κ2) is 11.5. The molecule has 0 spiro atoms. The van der Waals surface area contributed by atoms with Gasteiger partial charge in [0.05, 0.1) is 0 Å². The highest BCUT2D eigenvalue weighted by atomic mass is 31.2. The maximum Gasteiger partial charge on any atom is 0.569 e. The molecule has 0 saturated carbocycles. The Morgan fingerprint density at radius 1 is 0.434 bits per heavy atom. The normalized spacial score (nSPS) is 15.1. The average molecular weight is 734 g/mol. The van der Waals surface area contributed by atoms with Crippen LogP contribution < -0.4 is 18.1 Å². The smallest absolute Gasteiger partial charge is 0.409 e. The summed E-state index contributed by atoms with van der Waals surface area (Å²) in [7, 11) is -9.13. The fourth-order valence-corrected chi connectivity index (χ4v) is 11.7. The largest absolute Gasteiger partial charge is 0.569 e. The van der Waals surface area contributed by atoms with Crippen molar-refractivity contribution >= 4 is 58.6 Å². The number of benzene rings is 8. The Morgan fingerprint density at radius 3 is 1.00 bits per heavy atom. The molecular weight excluding hydrogens is 700 g/mol. The van der Waals surface area contributed by atoms with Crippen molar-refractivity contribution in [2.75, 3.05) is 0 Å². The Morgan fingerprint density at radius 2 is 0.698 bits per heavy atom. The van der Waals surface area contributed by atoms with Crippen molar-refractivity contribution in [1.29, 1.82) is 0 Å². The zero-order chi connectivity index (χ0) is 36.2. The van der Waals surface area contributed by atoms with Crippen LogP contribution >= 0.6 is 15.5 Å². The predicted molar refractivity (Wildman–Crippen MR) is 214 cm³/mol. The van der Waals surface area contributed by atoms with Gasteiger partial charge in [-0.25, -0.2) is 4.57 Å². The van der Waals surface area contributed by atoms with E-state index in [0.717, 1.165) is 87.6 Å². The number of hydrogen-bond acceptors (Lipinski definition) is 5. The number of nitrogens with zero attached hydrogens (tertiary/aromatic N) is 1. The zero-order valence-electron chi connectivity index (χ0n) is 29.4. The van der Waals surface area contributed by atoms with Gasteiger partial charge in [0.15, 0.2) is 0 Å². The van der Waals surface area contributed by atoms with E-state index in [1.54, 1.807) is 0 Å². The summed E-state index contributed by atoms with van der Waals surface area (Å²) in [4.78, 5) is 12.7. The molecule has 0 aromatic heterocycles. The first-order valence-electron chi connectivity index (χ1n) is 17.4. The Labute approximate surface area is 306 Å². The molecule has 10 rings (SSSR count). The van der Waals surface area contributed by atoms with Crippen molar-refractivity contribution in [1.82, 2.24) is 0 Å². The van der Waals surface area contributed by atoms with Crippen LogP contribution in [0.5, 0.6) is 23.0 Å². The highest BCUT2D eigenvalue weighted by Crippen LogP contribution is 2.68. The van der Waals surface area contributed by atoms with Gasteiger partial charge in [-0.15, -0.1) is 0 Å². The van der Waals surface area contributed by atoms with Crippen LogP contribution in [0.4, 0.5) is 0 Å². The maximum absolute atomic E-state index is 15.5. The van der Waals surface area contributed by atoms with Crippen molar-refractivity contribution in [2.24, 2.45) is 4.52 Å². The quantitative estimate of drug-likeness (QED) is 0.169. The van der Waals surface area contributed by atoms with Gasteiger partial charge >= 0.3 is 15.5 Å². The van der Waals surface area contributed by atoms with Gasteiger partial charge < -0.3 is 18.1 Å². The second-order valence-electron chi connectivity index (χ2n) is 13.9. The first-order chi connectivity index (χ1) is 25.6. The summed E-state index contributed by atoms with van der Waals surface area (Å²) in [5.74, 6) is 1.50. The molecule has 8 aromatic carbocycles. The second-order valence-corrected chi connectivity index (χ2v) is 17.3. The van der Waals surface area contributed by atoms with Crippen LogP contribution in [0.3, 0.4) is 0 Å². The van der Waals surface area contributed by atoms with Crippen LogP contribution in [-0.2, 0) is 4.57 Å². The molecule has 260 valence electrons. The molecule has 0 atom stereocenters. The van der Waals surface area contributed by atoms with Crippen LogP contribution in [0.1, 0.15) is 22.3 Å². The Hall–Kier alpha value is -5.58. The van der Waals surface area contributed by atoms with Crippen LogP contribution in [-0.4, -0.2) is 4.89 Å². The first kappa shape index (κ1) is 32.1. The lowest BCUT2D eigenvalue weighted by atomic mass is 9.89. The molecule has 1 N–H and O–H groups in total. The zero-order valence-corrected chi connectivity index (χ0v) is 31.2. The summed E-state index contributed by atoms with van der Waals surface area (Å²) in [6, 6.07) is 40.2. The molecule has 2 heterocycles. The van der Waals surface area contributed by atoms with Crippen molar-refractivity contribution in [3.63, 3.8) is 0 Å². The molecule has 0 radical (unpaired) electrons. The highest BCUT2D eigenvalue weighted by Gasteiger charge is 2.44. The van der Waals surface area contributed by atoms with E-state index in [4.69, 9.17) is 18.1 Å². The van der Waals surface area contributed by atoms with Crippen LogP contribution in [0, 0.1) is 27.7 Å². The summed E-state index contributed by atoms with van der Waals surface area (Å²) < 4.78 is 46.3. The average Bonchev–Trinajstić information content (AvgIpc) is 3.37. The Bertz CT molecular complexity index is 2830. The van der Waals surface area contributed by atoms with Gasteiger partial charge in [0.2, 0.25) is 0 Å². The number of aryl methyl sites for hydroxylation is 4. The summed E-state index contributed by atoms with van der Waals surface area (Å²) in [5, 5.41) is 7.66. The third-order valence-corrected chi connectivity index (χ3v) is 13.8. The number of rotatable bonds is 1. The highest BCUT2D eigenvalue weighted by molar-refractivity contribution is 7.64. The lowest BCUT2D eigenvalue weighted by molar-refractivity contribution is 0.358. The molecule has 0 unspecified atom stereocenters. The molecule has 0 aliphatic carbocycles. The van der Waals surface area contributed by atoms with Gasteiger partial charge in [0.1, 0.15) is 23.0 Å². The van der Waals surface area contributed by atoms with E-state index in [9.17, 15) is 4.89 Å². The molecule has 8 aromatic rings. The SMILES string of the molecule is Cc1cc2ccccc2c2c1OP(=O)(N=P1(O)Oc3c(C)cc4ccccc4c3-c3c(c(C)cc4ccccc34)O1)Oc1c(C)cc3ccccc3c1-2. The van der Waals surface area contributed by atoms with E-state index >= 15 is 4.57 Å². The summed E-state index contributed by atoms with van der Waals surface area (Å²) in [6.45, 7) is 7.68. The Balaban J connectivity index is 1.28. The fraction of sp³-hybridized carbons (Fsp3) is 0.0909. The number of fused-ring (bicyclic) bond motifs is 14. The lowest BCUT2D eigenvalue weighted by Crippen LogP contribution is -2.05. The first-order valence-corrected chi connectivity index (χ1v) is 20.5. The van der Waals surface area contributed by atoms with Gasteiger partial charge in [-0.3, -0.25) is 4.89 Å². The molecule has 0 bridgehead atoms. The summed E-state index contributed by atoms with van der Waals surface area (Å²) >= 11 is 0. The molecule has 0 amide bonds. The van der Waals surface area contributed by atoms with Crippen LogP contribution in [0.2, 0.25) is 0 Å². The van der Waals surface area contributed by atoms with Crippen LogP contribution in [0.15, 0.2) is 126 Å². The third-order valence-electron chi connectivity index (χ3n) is 10.3. The maximum atomic E-state index is 15.5. The lowest BCUT2D eigenvalue weighted by Gasteiger charge is -2.22. The van der Waals surface area contributed by atoms with Gasteiger partial charge in [0, 0.05) is 22.3 Å². The molecule has 2 aliphatic heterocycles. The van der Waals surface area contributed by atoms with E-state index in [0.29, 0.717) is 23.0 Å². The standard InChI is InChI=1S/C44H33NO6P2/c1-25-21-29-13-5-9-17-33(29)37-38-34-18-10-6-14-30(34)22-26(2)42(38)49-52(46,48-41(25)37)45-53(47)50-43-27(3)23-31-15-7-11-19-35(31)39(43)40-36-20-12-8-16-32(36)24-28(4)44(40)51-53/h5-24,46H,1-4H3. The number of hydrogen-bond donors (Lipinski definition) is 1. The van der Waals surface area contributed by atoms with E-state index in [-0.39, 0.29) is 0 Å². The molecule has 53 heavy (non-hydrogen) atoms. The van der Waals surface area contributed by atoms with E-state index in [2.05, 4.69) is 16.6 Å². The van der Waals surface area contributed by atoms with Gasteiger partial charge in [-0.2, -0.15) is 0 Å². The third kappa shape index (κ3) is 4.92. The van der Waals surface area contributed by atoms with Gasteiger partial charge in [0.25, 0.3) is 0 Å². The molecule has 0 saturated heterocycles. The molecule has 7 nitrogen and oxygen atoms in total. The van der Waals surface area contributed by atoms with Crippen molar-refractivity contribution in [3.05, 3.63) is 144 Å². The Kier molecular flexibility index (Phi) is 6.94. The minimum absolute atomic E-state index is 0.358. The topological polar surface area (TPSA) is 86.6 Å². The predicted octanol–water partition coefficient (Wildman–Crippen LogP) is 13.2. The molecule has 9 heteroatoms. The molecule has 2 aliphatic rings. The van der Waals surface area contributed by atoms with E-state index in [1.807, 2.05) is 137 Å². The van der Waals surface area contributed by atoms with Crippen molar-refractivity contribution < 1.29 is 27.6 Å². The fourth-order valence-electron chi connectivity index (χ4n) is 8.06. The van der Waals surface area contributed by atoms with Gasteiger partial charge in [-0.1, -0.05) is 102 Å². The van der Waals surface area contributed by atoms with Crippen molar-refractivity contribution in [3.8, 4) is 45.3 Å². The van der Waals surface area contributed by atoms with E-state index in [1.165, 1.54) is 0 Å². The monoisotopic (exact) mass is 733 g/mol. The summed E-state index contributed by atoms with van der Waals surface area (Å²) in [5.41, 5.74) is 6.03. The summed E-state index contributed by atoms with van der Waals surface area (Å²) in [6.07, 6.45) is 0.